The number of hydrogen-bond donors (Lipinski definition) is 2. The number of piperidine rings is 1. The standard InChI is InChI=1S/C23H33N5O2.HI/c1-2-24-23(25-14-21-17-30-22(26-21)19-6-4-3-5-7-19)27-20-8-11-28(12-9-20)15-18-10-13-29-16-18;/h3-7,17-18,20H,2,8-16H2,1H3,(H2,24,25,27);1H. The monoisotopic (exact) mass is 539 g/mol. The zero-order valence-corrected chi connectivity index (χ0v) is 20.6. The summed E-state index contributed by atoms with van der Waals surface area (Å²) in [4.78, 5) is 11.9. The molecule has 0 aliphatic carbocycles. The van der Waals surface area contributed by atoms with Crippen LogP contribution < -0.4 is 10.6 Å². The van der Waals surface area contributed by atoms with E-state index in [4.69, 9.17) is 14.1 Å². The smallest absolute Gasteiger partial charge is 0.226 e. The molecule has 7 nitrogen and oxygen atoms in total. The number of ether oxygens (including phenoxy) is 1. The number of aromatic nitrogens is 1. The number of guanidine groups is 1. The molecule has 4 rings (SSSR count). The number of benzene rings is 1. The molecule has 2 saturated heterocycles. The van der Waals surface area contributed by atoms with E-state index in [-0.39, 0.29) is 24.0 Å². The largest absolute Gasteiger partial charge is 0.444 e. The van der Waals surface area contributed by atoms with Crippen LogP contribution in [-0.2, 0) is 11.3 Å². The molecule has 1 aromatic heterocycles. The van der Waals surface area contributed by atoms with E-state index >= 15 is 0 Å². The Morgan fingerprint density at radius 2 is 2.00 bits per heavy atom. The molecule has 170 valence electrons. The Kier molecular flexibility index (Phi) is 9.60. The zero-order chi connectivity index (χ0) is 20.6. The van der Waals surface area contributed by atoms with Gasteiger partial charge in [-0.15, -0.1) is 24.0 Å². The molecule has 0 spiro atoms. The van der Waals surface area contributed by atoms with Gasteiger partial charge in [-0.1, -0.05) is 18.2 Å². The predicted molar refractivity (Wildman–Crippen MR) is 134 cm³/mol. The Hall–Kier alpha value is -1.65. The topological polar surface area (TPSA) is 74.9 Å². The first-order valence-electron chi connectivity index (χ1n) is 11.1. The van der Waals surface area contributed by atoms with Crippen LogP contribution in [0.5, 0.6) is 0 Å². The molecule has 0 amide bonds. The first kappa shape index (κ1) is 24.0. The minimum Gasteiger partial charge on any atom is -0.444 e. The fraction of sp³-hybridized carbons (Fsp3) is 0.565. The Morgan fingerprint density at radius 3 is 2.71 bits per heavy atom. The lowest BCUT2D eigenvalue weighted by molar-refractivity contribution is 0.150. The van der Waals surface area contributed by atoms with E-state index in [1.165, 1.54) is 13.0 Å². The van der Waals surface area contributed by atoms with Crippen LogP contribution in [0.1, 0.15) is 31.9 Å². The van der Waals surface area contributed by atoms with E-state index in [9.17, 15) is 0 Å². The number of nitrogens with one attached hydrogen (secondary N) is 2. The van der Waals surface area contributed by atoms with Gasteiger partial charge in [0.2, 0.25) is 5.89 Å². The van der Waals surface area contributed by atoms with Crippen molar-refractivity contribution < 1.29 is 9.15 Å². The van der Waals surface area contributed by atoms with Gasteiger partial charge in [-0.3, -0.25) is 0 Å². The summed E-state index contributed by atoms with van der Waals surface area (Å²) in [6, 6.07) is 10.4. The molecule has 3 heterocycles. The molecule has 2 aliphatic rings. The van der Waals surface area contributed by atoms with E-state index in [0.29, 0.717) is 18.5 Å². The van der Waals surface area contributed by atoms with Gasteiger partial charge >= 0.3 is 0 Å². The second-order valence-electron chi connectivity index (χ2n) is 8.15. The third-order valence-corrected chi connectivity index (χ3v) is 5.78. The van der Waals surface area contributed by atoms with E-state index < -0.39 is 0 Å². The maximum atomic E-state index is 5.62. The fourth-order valence-corrected chi connectivity index (χ4v) is 4.12. The average molecular weight is 539 g/mol. The summed E-state index contributed by atoms with van der Waals surface area (Å²) in [7, 11) is 0. The molecule has 1 unspecified atom stereocenters. The van der Waals surface area contributed by atoms with Gasteiger partial charge in [-0.25, -0.2) is 9.98 Å². The van der Waals surface area contributed by atoms with Gasteiger partial charge in [0.05, 0.1) is 13.2 Å². The second-order valence-corrected chi connectivity index (χ2v) is 8.15. The van der Waals surface area contributed by atoms with Crippen LogP contribution in [0.15, 0.2) is 46.0 Å². The van der Waals surface area contributed by atoms with Crippen molar-refractivity contribution in [1.82, 2.24) is 20.5 Å². The number of nitrogens with zero attached hydrogens (tertiary/aromatic N) is 3. The van der Waals surface area contributed by atoms with Crippen LogP contribution in [0.3, 0.4) is 0 Å². The predicted octanol–water partition coefficient (Wildman–Crippen LogP) is 3.52. The summed E-state index contributed by atoms with van der Waals surface area (Å²) >= 11 is 0. The molecule has 2 fully saturated rings. The summed E-state index contributed by atoms with van der Waals surface area (Å²) in [5.74, 6) is 2.21. The lowest BCUT2D eigenvalue weighted by atomic mass is 10.0. The van der Waals surface area contributed by atoms with Gasteiger partial charge in [0.15, 0.2) is 5.96 Å². The van der Waals surface area contributed by atoms with E-state index in [2.05, 4.69) is 27.4 Å². The summed E-state index contributed by atoms with van der Waals surface area (Å²) in [5, 5.41) is 6.97. The van der Waals surface area contributed by atoms with Crippen molar-refractivity contribution in [2.75, 3.05) is 39.4 Å². The van der Waals surface area contributed by atoms with Crippen molar-refractivity contribution in [3.05, 3.63) is 42.3 Å². The quantitative estimate of drug-likeness (QED) is 0.319. The molecular weight excluding hydrogens is 505 g/mol. The maximum absolute atomic E-state index is 5.62. The number of aliphatic imine (C=N–C) groups is 1. The van der Waals surface area contributed by atoms with Crippen LogP contribution in [0, 0.1) is 5.92 Å². The van der Waals surface area contributed by atoms with Crippen LogP contribution in [0.2, 0.25) is 0 Å². The van der Waals surface area contributed by atoms with Crippen molar-refractivity contribution in [3.63, 3.8) is 0 Å². The minimum atomic E-state index is 0. The Balaban J connectivity index is 0.00000272. The first-order valence-corrected chi connectivity index (χ1v) is 11.1. The highest BCUT2D eigenvalue weighted by molar-refractivity contribution is 14.0. The molecule has 2 aliphatic heterocycles. The van der Waals surface area contributed by atoms with Crippen molar-refractivity contribution in [2.24, 2.45) is 10.9 Å². The summed E-state index contributed by atoms with van der Waals surface area (Å²) in [5.41, 5.74) is 1.81. The number of hydrogen-bond acceptors (Lipinski definition) is 5. The van der Waals surface area contributed by atoms with E-state index in [1.807, 2.05) is 30.3 Å². The molecule has 0 radical (unpaired) electrons. The molecule has 0 saturated carbocycles. The second kappa shape index (κ2) is 12.4. The van der Waals surface area contributed by atoms with Gasteiger partial charge in [0.25, 0.3) is 0 Å². The Bertz CT molecular complexity index is 799. The first-order chi connectivity index (χ1) is 14.8. The van der Waals surface area contributed by atoms with Crippen molar-refractivity contribution in [3.8, 4) is 11.5 Å². The Morgan fingerprint density at radius 1 is 1.19 bits per heavy atom. The Labute approximate surface area is 202 Å². The van der Waals surface area contributed by atoms with E-state index in [0.717, 1.165) is 68.8 Å². The molecule has 8 heteroatoms. The van der Waals surface area contributed by atoms with E-state index in [1.54, 1.807) is 6.26 Å². The molecule has 2 aromatic rings. The van der Waals surface area contributed by atoms with Gasteiger partial charge in [-0.2, -0.15) is 0 Å². The van der Waals surface area contributed by atoms with Crippen LogP contribution >= 0.6 is 24.0 Å². The van der Waals surface area contributed by atoms with Crippen LogP contribution in [0.4, 0.5) is 0 Å². The zero-order valence-electron chi connectivity index (χ0n) is 18.3. The molecular formula is C23H34IN5O2. The van der Waals surface area contributed by atoms with Crippen LogP contribution in [0.25, 0.3) is 11.5 Å². The fourth-order valence-electron chi connectivity index (χ4n) is 4.12. The highest BCUT2D eigenvalue weighted by Crippen LogP contribution is 2.19. The van der Waals surface area contributed by atoms with Crippen molar-refractivity contribution in [1.29, 1.82) is 0 Å². The van der Waals surface area contributed by atoms with Crippen molar-refractivity contribution in [2.45, 2.75) is 38.8 Å². The molecule has 0 bridgehead atoms. The normalized spacial score (nSPS) is 20.4. The van der Waals surface area contributed by atoms with Gasteiger partial charge < -0.3 is 24.7 Å². The SMILES string of the molecule is CCNC(=NCc1coc(-c2ccccc2)n1)NC1CCN(CC2CCOC2)CC1.I. The summed E-state index contributed by atoms with van der Waals surface area (Å²) in [6.45, 7) is 8.73. The van der Waals surface area contributed by atoms with Gasteiger partial charge in [0, 0.05) is 44.4 Å². The van der Waals surface area contributed by atoms with Gasteiger partial charge in [-0.05, 0) is 44.2 Å². The highest BCUT2D eigenvalue weighted by atomic mass is 127. The van der Waals surface area contributed by atoms with Crippen molar-refractivity contribution >= 4 is 29.9 Å². The molecule has 2 N–H and O–H groups in total. The summed E-state index contributed by atoms with van der Waals surface area (Å²) < 4.78 is 11.1. The lowest BCUT2D eigenvalue weighted by Crippen LogP contribution is -2.49. The number of halogens is 1. The van der Waals surface area contributed by atoms with Crippen LogP contribution in [-0.4, -0.2) is 61.3 Å². The number of oxazole rings is 1. The maximum Gasteiger partial charge on any atom is 0.226 e. The molecule has 1 aromatic carbocycles. The third-order valence-electron chi connectivity index (χ3n) is 5.78. The lowest BCUT2D eigenvalue weighted by Gasteiger charge is -2.34. The van der Waals surface area contributed by atoms with Gasteiger partial charge in [0.1, 0.15) is 12.0 Å². The number of rotatable bonds is 7. The average Bonchev–Trinajstić information content (AvgIpc) is 3.46. The molecule has 1 atom stereocenters. The minimum absolute atomic E-state index is 0. The third kappa shape index (κ3) is 7.18. The highest BCUT2D eigenvalue weighted by Gasteiger charge is 2.24. The molecule has 31 heavy (non-hydrogen) atoms. The number of likely N-dealkylation sites (tertiary alicyclic amines) is 1. The summed E-state index contributed by atoms with van der Waals surface area (Å²) in [6.07, 6.45) is 5.18.